The minimum Gasteiger partial charge on any atom is -0.507 e. The highest BCUT2D eigenvalue weighted by molar-refractivity contribution is 5.93. The molecule has 0 saturated heterocycles. The quantitative estimate of drug-likeness (QED) is 0.248. The largest absolute Gasteiger partial charge is 0.507 e. The van der Waals surface area contributed by atoms with Gasteiger partial charge in [-0.1, -0.05) is 0 Å². The van der Waals surface area contributed by atoms with E-state index in [0.29, 0.717) is 53.1 Å². The van der Waals surface area contributed by atoms with Gasteiger partial charge in [0, 0.05) is 59.0 Å². The second-order valence-corrected chi connectivity index (χ2v) is 9.96. The molecule has 206 valence electrons. The number of aliphatic hydroxyl groups excluding tert-OH is 3. The molecule has 10 heteroatoms. The highest BCUT2D eigenvalue weighted by atomic mass is 16.5. The number of ether oxygens (including phenoxy) is 4. The fourth-order valence-electron chi connectivity index (χ4n) is 6.07. The standard InChI is InChI=1S/C29H31NO9/c1-36-19-11-18(32)26-25-14(19)4-5-15-23(25)17(30-29(26)35)10-20-24(15)27(33)16(12-39-20)13-8-21(37-2)28(34)22(9-13)38-7-3-6-31/h8-11,16,27,29-35H,3-7,12H2,1-2H3/t16-,27-,29+/m0/s1. The number of phenolic OH excluding ortho intramolecular Hbond substituents is 2. The Hall–Kier alpha value is -3.86. The Morgan fingerprint density at radius 3 is 2.41 bits per heavy atom. The van der Waals surface area contributed by atoms with Gasteiger partial charge in [0.2, 0.25) is 5.75 Å². The summed E-state index contributed by atoms with van der Waals surface area (Å²) in [6.45, 7) is 0.322. The van der Waals surface area contributed by atoms with Crippen LogP contribution in [-0.2, 0) is 12.8 Å². The molecule has 0 fully saturated rings. The van der Waals surface area contributed by atoms with Crippen molar-refractivity contribution in [2.24, 2.45) is 0 Å². The zero-order valence-corrected chi connectivity index (χ0v) is 21.7. The molecule has 3 aliphatic rings. The van der Waals surface area contributed by atoms with E-state index >= 15 is 0 Å². The molecule has 10 nitrogen and oxygen atoms in total. The lowest BCUT2D eigenvalue weighted by molar-refractivity contribution is 0.0877. The normalized spacial score (nSPS) is 20.3. The number of rotatable bonds is 7. The van der Waals surface area contributed by atoms with Crippen molar-refractivity contribution in [2.75, 3.05) is 39.4 Å². The molecule has 6 N–H and O–H groups in total. The van der Waals surface area contributed by atoms with E-state index in [1.165, 1.54) is 13.2 Å². The van der Waals surface area contributed by atoms with Crippen molar-refractivity contribution in [1.29, 1.82) is 0 Å². The first kappa shape index (κ1) is 25.4. The van der Waals surface area contributed by atoms with Crippen LogP contribution in [0.4, 0.5) is 5.69 Å². The van der Waals surface area contributed by atoms with Crippen LogP contribution in [0, 0.1) is 0 Å². The van der Waals surface area contributed by atoms with Crippen molar-refractivity contribution in [1.82, 2.24) is 0 Å². The predicted octanol–water partition coefficient (Wildman–Crippen LogP) is 3.27. The molecule has 0 aromatic heterocycles. The molecule has 0 amide bonds. The number of phenols is 2. The van der Waals surface area contributed by atoms with Crippen LogP contribution in [0.1, 0.15) is 52.5 Å². The van der Waals surface area contributed by atoms with Crippen molar-refractivity contribution in [3.05, 3.63) is 52.1 Å². The highest BCUT2D eigenvalue weighted by Gasteiger charge is 2.41. The van der Waals surface area contributed by atoms with Gasteiger partial charge < -0.3 is 49.8 Å². The van der Waals surface area contributed by atoms with Gasteiger partial charge in [0.25, 0.3) is 0 Å². The summed E-state index contributed by atoms with van der Waals surface area (Å²) in [4.78, 5) is 0. The third-order valence-corrected chi connectivity index (χ3v) is 7.88. The van der Waals surface area contributed by atoms with Crippen molar-refractivity contribution < 1.29 is 44.5 Å². The number of nitrogens with one attached hydrogen (secondary N) is 1. The van der Waals surface area contributed by atoms with Crippen LogP contribution >= 0.6 is 0 Å². The summed E-state index contributed by atoms with van der Waals surface area (Å²) < 4.78 is 22.8. The number of hydrogen-bond acceptors (Lipinski definition) is 10. The van der Waals surface area contributed by atoms with Crippen LogP contribution in [0.2, 0.25) is 0 Å². The first-order chi connectivity index (χ1) is 18.9. The van der Waals surface area contributed by atoms with Gasteiger partial charge in [-0.3, -0.25) is 0 Å². The third kappa shape index (κ3) is 3.90. The molecule has 2 heterocycles. The van der Waals surface area contributed by atoms with Crippen LogP contribution in [-0.4, -0.2) is 59.6 Å². The van der Waals surface area contributed by atoms with Gasteiger partial charge in [-0.05, 0) is 36.1 Å². The molecule has 1 aliphatic carbocycles. The van der Waals surface area contributed by atoms with Crippen LogP contribution in [0.15, 0.2) is 24.3 Å². The van der Waals surface area contributed by atoms with E-state index in [9.17, 15) is 20.4 Å². The molecule has 3 aromatic rings. The first-order valence-corrected chi connectivity index (χ1v) is 12.9. The molecule has 6 rings (SSSR count). The molecule has 3 aromatic carbocycles. The van der Waals surface area contributed by atoms with Gasteiger partial charge in [0.15, 0.2) is 17.7 Å². The zero-order chi connectivity index (χ0) is 27.4. The van der Waals surface area contributed by atoms with Crippen molar-refractivity contribution in [3.8, 4) is 45.6 Å². The molecule has 39 heavy (non-hydrogen) atoms. The smallest absolute Gasteiger partial charge is 0.200 e. The fourth-order valence-corrected chi connectivity index (χ4v) is 6.07. The minimum atomic E-state index is -1.11. The Labute approximate surface area is 225 Å². The Morgan fingerprint density at radius 1 is 0.923 bits per heavy atom. The molecule has 2 aliphatic heterocycles. The average Bonchev–Trinajstić information content (AvgIpc) is 2.93. The average molecular weight is 538 g/mol. The number of fused-ring (bicyclic) bond motifs is 2. The minimum absolute atomic E-state index is 0.0446. The predicted molar refractivity (Wildman–Crippen MR) is 141 cm³/mol. The van der Waals surface area contributed by atoms with Crippen LogP contribution < -0.4 is 24.3 Å². The summed E-state index contributed by atoms with van der Waals surface area (Å²) in [5.74, 6) is 0.755. The topological polar surface area (TPSA) is 150 Å². The number of aliphatic hydroxyl groups is 3. The van der Waals surface area contributed by atoms with Crippen molar-refractivity contribution in [3.63, 3.8) is 0 Å². The van der Waals surface area contributed by atoms with Crippen LogP contribution in [0.5, 0.6) is 34.5 Å². The number of hydrogen-bond donors (Lipinski definition) is 6. The van der Waals surface area contributed by atoms with Gasteiger partial charge in [-0.25, -0.2) is 0 Å². The number of aromatic hydroxyl groups is 2. The Morgan fingerprint density at radius 2 is 1.67 bits per heavy atom. The van der Waals surface area contributed by atoms with Gasteiger partial charge in [0.1, 0.15) is 17.2 Å². The molecular weight excluding hydrogens is 506 g/mol. The zero-order valence-electron chi connectivity index (χ0n) is 21.7. The molecule has 0 radical (unpaired) electrons. The third-order valence-electron chi connectivity index (χ3n) is 7.88. The van der Waals surface area contributed by atoms with Gasteiger partial charge in [-0.15, -0.1) is 0 Å². The summed E-state index contributed by atoms with van der Waals surface area (Å²) in [6, 6.07) is 6.64. The highest BCUT2D eigenvalue weighted by Crippen LogP contribution is 2.57. The van der Waals surface area contributed by atoms with Gasteiger partial charge >= 0.3 is 0 Å². The second-order valence-electron chi connectivity index (χ2n) is 9.96. The van der Waals surface area contributed by atoms with E-state index in [1.54, 1.807) is 25.3 Å². The maximum atomic E-state index is 11.8. The van der Waals surface area contributed by atoms with Crippen LogP contribution in [0.25, 0.3) is 11.1 Å². The Bertz CT molecular complexity index is 1450. The molecule has 0 spiro atoms. The molecule has 3 atom stereocenters. The summed E-state index contributed by atoms with van der Waals surface area (Å²) in [7, 11) is 2.99. The summed E-state index contributed by atoms with van der Waals surface area (Å²) in [5.41, 5.74) is 5.67. The second kappa shape index (κ2) is 9.71. The Kier molecular flexibility index (Phi) is 6.33. The van der Waals surface area contributed by atoms with E-state index in [4.69, 9.17) is 24.1 Å². The lowest BCUT2D eigenvalue weighted by Crippen LogP contribution is -2.29. The lowest BCUT2D eigenvalue weighted by atomic mass is 9.74. The van der Waals surface area contributed by atoms with Crippen molar-refractivity contribution in [2.45, 2.75) is 37.5 Å². The lowest BCUT2D eigenvalue weighted by Gasteiger charge is -2.39. The fraction of sp³-hybridized carbons (Fsp3) is 0.379. The van der Waals surface area contributed by atoms with Gasteiger partial charge in [-0.2, -0.15) is 0 Å². The van der Waals surface area contributed by atoms with E-state index in [-0.39, 0.29) is 42.8 Å². The summed E-state index contributed by atoms with van der Waals surface area (Å²) >= 11 is 0. The van der Waals surface area contributed by atoms with Crippen molar-refractivity contribution >= 4 is 5.69 Å². The SMILES string of the molecule is COc1cc([C@@H]2COc3cc4c5c(c3[C@H]2O)CCc2c(OC)cc(O)c(c2-5)[C@@H](O)N4)cc(OCCCO)c1O. The summed E-state index contributed by atoms with van der Waals surface area (Å²) in [5, 5.41) is 56.1. The molecular formula is C29H31NO9. The maximum Gasteiger partial charge on any atom is 0.200 e. The Balaban J connectivity index is 1.47. The van der Waals surface area contributed by atoms with Gasteiger partial charge in [0.05, 0.1) is 39.1 Å². The number of methoxy groups -OCH3 is 2. The first-order valence-electron chi connectivity index (χ1n) is 12.9. The monoisotopic (exact) mass is 537 g/mol. The molecule has 0 bridgehead atoms. The molecule has 0 saturated carbocycles. The van der Waals surface area contributed by atoms with E-state index in [1.807, 2.05) is 0 Å². The maximum absolute atomic E-state index is 11.8. The van der Waals surface area contributed by atoms with E-state index in [0.717, 1.165) is 22.3 Å². The van der Waals surface area contributed by atoms with E-state index < -0.39 is 18.2 Å². The number of anilines is 1. The molecule has 0 unspecified atom stereocenters. The van der Waals surface area contributed by atoms with Crippen LogP contribution in [0.3, 0.4) is 0 Å². The number of benzene rings is 3. The van der Waals surface area contributed by atoms with E-state index in [2.05, 4.69) is 5.32 Å². The summed E-state index contributed by atoms with van der Waals surface area (Å²) in [6.07, 6.45) is -0.483.